The van der Waals surface area contributed by atoms with Gasteiger partial charge < -0.3 is 20.1 Å². The molecule has 1 aliphatic rings. The molecule has 0 amide bonds. The van der Waals surface area contributed by atoms with Gasteiger partial charge in [-0.15, -0.1) is 0 Å². The van der Waals surface area contributed by atoms with E-state index in [-0.39, 0.29) is 31.1 Å². The lowest BCUT2D eigenvalue weighted by Gasteiger charge is -2.46. The molecular formula is C14H18N4O2. The molecule has 2 heterocycles. The van der Waals surface area contributed by atoms with Gasteiger partial charge in [0.2, 0.25) is 0 Å². The summed E-state index contributed by atoms with van der Waals surface area (Å²) in [5.41, 5.74) is 1.75. The van der Waals surface area contributed by atoms with Crippen molar-refractivity contribution in [2.75, 3.05) is 25.6 Å². The van der Waals surface area contributed by atoms with Crippen LogP contribution in [0.3, 0.4) is 0 Å². The Balaban J connectivity index is 2.05. The SMILES string of the molecule is C=C1[C@@H](n2ccc3c(NC)ncnc32)[C@H](CO)[C@H]1CO. The molecule has 106 valence electrons. The number of aliphatic hydroxyl groups is 2. The van der Waals surface area contributed by atoms with E-state index in [1.54, 1.807) is 0 Å². The number of anilines is 1. The summed E-state index contributed by atoms with van der Waals surface area (Å²) < 4.78 is 2.01. The van der Waals surface area contributed by atoms with Crippen LogP contribution in [0, 0.1) is 11.8 Å². The number of fused-ring (bicyclic) bond motifs is 1. The van der Waals surface area contributed by atoms with Gasteiger partial charge in [0, 0.05) is 31.7 Å². The molecule has 1 aliphatic carbocycles. The van der Waals surface area contributed by atoms with Crippen LogP contribution in [0.25, 0.3) is 11.0 Å². The minimum atomic E-state index is -0.0342. The van der Waals surface area contributed by atoms with Gasteiger partial charge in [0.05, 0.1) is 18.0 Å². The van der Waals surface area contributed by atoms with Gasteiger partial charge in [0.15, 0.2) is 0 Å². The van der Waals surface area contributed by atoms with Crippen LogP contribution in [0.5, 0.6) is 0 Å². The molecule has 2 aromatic heterocycles. The number of hydrogen-bond donors (Lipinski definition) is 3. The zero-order valence-corrected chi connectivity index (χ0v) is 11.3. The van der Waals surface area contributed by atoms with Gasteiger partial charge in [-0.05, 0) is 11.6 Å². The topological polar surface area (TPSA) is 83.2 Å². The zero-order chi connectivity index (χ0) is 14.3. The molecule has 0 spiro atoms. The van der Waals surface area contributed by atoms with E-state index in [0.717, 1.165) is 22.4 Å². The van der Waals surface area contributed by atoms with Crippen LogP contribution in [-0.2, 0) is 0 Å². The first-order valence-electron chi connectivity index (χ1n) is 6.62. The number of aromatic nitrogens is 3. The summed E-state index contributed by atoms with van der Waals surface area (Å²) in [6, 6.07) is 1.93. The molecule has 2 aromatic rings. The second-order valence-corrected chi connectivity index (χ2v) is 5.09. The Morgan fingerprint density at radius 2 is 2.15 bits per heavy atom. The minimum absolute atomic E-state index is 0.0175. The number of nitrogens with one attached hydrogen (secondary N) is 1. The van der Waals surface area contributed by atoms with Crippen molar-refractivity contribution in [2.24, 2.45) is 11.8 Å². The summed E-state index contributed by atoms with van der Waals surface area (Å²) in [7, 11) is 1.82. The lowest BCUT2D eigenvalue weighted by Crippen LogP contribution is -2.44. The summed E-state index contributed by atoms with van der Waals surface area (Å²) in [6.45, 7) is 4.10. The maximum absolute atomic E-state index is 9.54. The molecule has 3 N–H and O–H groups in total. The molecule has 3 rings (SSSR count). The molecule has 6 heteroatoms. The van der Waals surface area contributed by atoms with Gasteiger partial charge in [-0.2, -0.15) is 0 Å². The van der Waals surface area contributed by atoms with Crippen molar-refractivity contribution in [3.8, 4) is 0 Å². The maximum atomic E-state index is 9.54. The van der Waals surface area contributed by atoms with E-state index < -0.39 is 0 Å². The predicted octanol–water partition coefficient (Wildman–Crippen LogP) is 0.801. The Morgan fingerprint density at radius 3 is 2.80 bits per heavy atom. The Morgan fingerprint density at radius 1 is 1.35 bits per heavy atom. The summed E-state index contributed by atoms with van der Waals surface area (Å²) >= 11 is 0. The normalized spacial score (nSPS) is 25.8. The lowest BCUT2D eigenvalue weighted by atomic mass is 9.66. The van der Waals surface area contributed by atoms with E-state index in [1.165, 1.54) is 6.33 Å². The molecule has 3 atom stereocenters. The van der Waals surface area contributed by atoms with E-state index in [2.05, 4.69) is 21.9 Å². The quantitative estimate of drug-likeness (QED) is 0.718. The van der Waals surface area contributed by atoms with E-state index in [4.69, 9.17) is 0 Å². The monoisotopic (exact) mass is 274 g/mol. The summed E-state index contributed by atoms with van der Waals surface area (Å²) in [5.74, 6) is 0.724. The van der Waals surface area contributed by atoms with Crippen LogP contribution in [0.1, 0.15) is 6.04 Å². The molecular weight excluding hydrogens is 256 g/mol. The number of aliphatic hydroxyl groups excluding tert-OH is 2. The minimum Gasteiger partial charge on any atom is -0.396 e. The second kappa shape index (κ2) is 4.88. The van der Waals surface area contributed by atoms with Crippen LogP contribution < -0.4 is 5.32 Å². The molecule has 0 saturated heterocycles. The van der Waals surface area contributed by atoms with Crippen molar-refractivity contribution in [2.45, 2.75) is 6.04 Å². The van der Waals surface area contributed by atoms with Gasteiger partial charge in [0.25, 0.3) is 0 Å². The fourth-order valence-corrected chi connectivity index (χ4v) is 3.13. The molecule has 1 fully saturated rings. The van der Waals surface area contributed by atoms with Crippen molar-refractivity contribution in [3.05, 3.63) is 30.7 Å². The van der Waals surface area contributed by atoms with Crippen LogP contribution in [0.2, 0.25) is 0 Å². The molecule has 0 aromatic carbocycles. The fraction of sp³-hybridized carbons (Fsp3) is 0.429. The summed E-state index contributed by atoms with van der Waals surface area (Å²) in [5, 5.41) is 22.9. The van der Waals surface area contributed by atoms with Gasteiger partial charge in [0.1, 0.15) is 17.8 Å². The largest absolute Gasteiger partial charge is 0.396 e. The highest BCUT2D eigenvalue weighted by Gasteiger charge is 2.45. The Bertz CT molecular complexity index is 652. The predicted molar refractivity (Wildman–Crippen MR) is 76.4 cm³/mol. The Hall–Kier alpha value is -1.92. The second-order valence-electron chi connectivity index (χ2n) is 5.09. The van der Waals surface area contributed by atoms with Crippen molar-refractivity contribution >= 4 is 16.9 Å². The third kappa shape index (κ3) is 1.65. The van der Waals surface area contributed by atoms with E-state index in [0.29, 0.717) is 0 Å². The lowest BCUT2D eigenvalue weighted by molar-refractivity contribution is 0.0538. The average molecular weight is 274 g/mol. The average Bonchev–Trinajstić information content (AvgIpc) is 2.88. The number of nitrogens with zero attached hydrogens (tertiary/aromatic N) is 3. The van der Waals surface area contributed by atoms with Crippen LogP contribution in [0.15, 0.2) is 30.7 Å². The third-order valence-electron chi connectivity index (χ3n) is 4.23. The van der Waals surface area contributed by atoms with E-state index >= 15 is 0 Å². The molecule has 1 saturated carbocycles. The van der Waals surface area contributed by atoms with Crippen molar-refractivity contribution < 1.29 is 10.2 Å². The van der Waals surface area contributed by atoms with Crippen molar-refractivity contribution in [1.82, 2.24) is 14.5 Å². The van der Waals surface area contributed by atoms with Gasteiger partial charge in [-0.1, -0.05) is 6.58 Å². The Labute approximate surface area is 116 Å². The molecule has 20 heavy (non-hydrogen) atoms. The van der Waals surface area contributed by atoms with Crippen molar-refractivity contribution in [3.63, 3.8) is 0 Å². The standard InChI is InChI=1S/C14H18N4O2/c1-8-10(5-19)11(6-20)12(8)18-4-3-9-13(15-2)16-7-17-14(9)18/h3-4,7,10-12,19-20H,1,5-6H2,2H3,(H,15,16,17)/t10-,11+,12+/m0/s1. The number of rotatable bonds is 4. The Kier molecular flexibility index (Phi) is 3.19. The van der Waals surface area contributed by atoms with Gasteiger partial charge in [-0.25, -0.2) is 9.97 Å². The highest BCUT2D eigenvalue weighted by Crippen LogP contribution is 2.48. The number of hydrogen-bond acceptors (Lipinski definition) is 5. The maximum Gasteiger partial charge on any atom is 0.146 e. The molecule has 6 nitrogen and oxygen atoms in total. The van der Waals surface area contributed by atoms with Gasteiger partial charge >= 0.3 is 0 Å². The fourth-order valence-electron chi connectivity index (χ4n) is 3.13. The van der Waals surface area contributed by atoms with E-state index in [1.807, 2.05) is 23.9 Å². The van der Waals surface area contributed by atoms with Gasteiger partial charge in [-0.3, -0.25) is 0 Å². The van der Waals surface area contributed by atoms with Crippen LogP contribution >= 0.6 is 0 Å². The van der Waals surface area contributed by atoms with E-state index in [9.17, 15) is 10.2 Å². The smallest absolute Gasteiger partial charge is 0.146 e. The highest BCUT2D eigenvalue weighted by atomic mass is 16.3. The van der Waals surface area contributed by atoms with Crippen LogP contribution in [-0.4, -0.2) is 45.0 Å². The van der Waals surface area contributed by atoms with Crippen molar-refractivity contribution in [1.29, 1.82) is 0 Å². The molecule has 0 bridgehead atoms. The first-order valence-corrected chi connectivity index (χ1v) is 6.62. The third-order valence-corrected chi connectivity index (χ3v) is 4.23. The summed E-state index contributed by atoms with van der Waals surface area (Å²) in [6.07, 6.45) is 3.45. The first kappa shape index (κ1) is 13.1. The zero-order valence-electron chi connectivity index (χ0n) is 11.3. The highest BCUT2D eigenvalue weighted by molar-refractivity contribution is 5.87. The summed E-state index contributed by atoms with van der Waals surface area (Å²) in [4.78, 5) is 8.52. The molecule has 0 aliphatic heterocycles. The van der Waals surface area contributed by atoms with Crippen LogP contribution in [0.4, 0.5) is 5.82 Å². The first-order chi connectivity index (χ1) is 9.72. The molecule has 0 unspecified atom stereocenters. The molecule has 0 radical (unpaired) electrons.